The van der Waals surface area contributed by atoms with E-state index in [1.54, 1.807) is 18.2 Å². The van der Waals surface area contributed by atoms with E-state index in [4.69, 9.17) is 5.73 Å². The number of aromatic nitrogens is 1. The Kier molecular flexibility index (Phi) is 8.16. The van der Waals surface area contributed by atoms with Gasteiger partial charge in [0.2, 0.25) is 0 Å². The molecule has 216 valence electrons. The number of likely N-dealkylation sites (N-methyl/N-ethyl adjacent to an activating group) is 1. The van der Waals surface area contributed by atoms with Gasteiger partial charge in [0.1, 0.15) is 11.6 Å². The molecule has 0 bridgehead atoms. The zero-order chi connectivity index (χ0) is 30.0. The molecule has 10 heteroatoms. The number of carbonyl (C=O) groups excluding carboxylic acids is 1. The van der Waals surface area contributed by atoms with Crippen molar-refractivity contribution < 1.29 is 22.4 Å². The van der Waals surface area contributed by atoms with Gasteiger partial charge in [-0.3, -0.25) is 9.69 Å². The highest BCUT2D eigenvalue weighted by Gasteiger charge is 2.34. The van der Waals surface area contributed by atoms with Crippen LogP contribution in [0.5, 0.6) is 0 Å². The number of anilines is 2. The molecule has 3 N–H and O–H groups in total. The molecule has 1 aliphatic rings. The lowest BCUT2D eigenvalue weighted by Crippen LogP contribution is -2.44. The number of piperazine rings is 1. The number of alkyl halides is 3. The van der Waals surface area contributed by atoms with E-state index in [0.717, 1.165) is 24.7 Å². The number of nitrogens with one attached hydrogen (secondary N) is 1. The van der Waals surface area contributed by atoms with Crippen LogP contribution >= 0.6 is 0 Å². The molecular weight excluding hydrogens is 546 g/mol. The summed E-state index contributed by atoms with van der Waals surface area (Å²) in [5.41, 5.74) is 7.37. The van der Waals surface area contributed by atoms with Gasteiger partial charge in [-0.25, -0.2) is 9.37 Å². The number of hydrogen-bond donors (Lipinski definition) is 2. The molecule has 0 aliphatic carbocycles. The number of aryl methyl sites for hydroxylation is 1. The zero-order valence-corrected chi connectivity index (χ0v) is 23.1. The summed E-state index contributed by atoms with van der Waals surface area (Å²) in [6.07, 6.45) is -3.11. The summed E-state index contributed by atoms with van der Waals surface area (Å²) in [6.45, 7) is 4.97. The van der Waals surface area contributed by atoms with E-state index in [1.807, 2.05) is 18.9 Å². The average molecular weight is 576 g/mol. The third-order valence-corrected chi connectivity index (χ3v) is 7.38. The predicted octanol–water partition coefficient (Wildman–Crippen LogP) is 5.68. The summed E-state index contributed by atoms with van der Waals surface area (Å²) in [7, 11) is 1.99. The monoisotopic (exact) mass is 575 g/mol. The second-order valence-corrected chi connectivity index (χ2v) is 10.4. The Balaban J connectivity index is 1.38. The quantitative estimate of drug-likeness (QED) is 0.242. The van der Waals surface area contributed by atoms with Crippen molar-refractivity contribution in [3.8, 4) is 11.8 Å². The van der Waals surface area contributed by atoms with Gasteiger partial charge in [-0.2, -0.15) is 13.2 Å². The lowest BCUT2D eigenvalue weighted by atomic mass is 10.0. The summed E-state index contributed by atoms with van der Waals surface area (Å²) in [4.78, 5) is 21.3. The maximum atomic E-state index is 14.0. The number of pyridine rings is 1. The van der Waals surface area contributed by atoms with Crippen molar-refractivity contribution in [3.63, 3.8) is 0 Å². The largest absolute Gasteiger partial charge is 0.416 e. The summed E-state index contributed by atoms with van der Waals surface area (Å²) >= 11 is 0. The highest BCUT2D eigenvalue weighted by Crippen LogP contribution is 2.35. The lowest BCUT2D eigenvalue weighted by molar-refractivity contribution is -0.138. The third-order valence-electron chi connectivity index (χ3n) is 7.38. The molecule has 0 spiro atoms. The Morgan fingerprint density at radius 2 is 1.71 bits per heavy atom. The molecule has 0 radical (unpaired) electrons. The van der Waals surface area contributed by atoms with E-state index >= 15 is 0 Å². The van der Waals surface area contributed by atoms with E-state index < -0.39 is 23.5 Å². The van der Waals surface area contributed by atoms with Crippen LogP contribution < -0.4 is 11.1 Å². The fourth-order valence-electron chi connectivity index (χ4n) is 4.87. The number of nitrogen functional groups attached to an aromatic ring is 1. The first-order valence-corrected chi connectivity index (χ1v) is 13.4. The Hall–Kier alpha value is -4.46. The van der Waals surface area contributed by atoms with Crippen molar-refractivity contribution >= 4 is 28.2 Å². The first-order valence-electron chi connectivity index (χ1n) is 13.4. The highest BCUT2D eigenvalue weighted by atomic mass is 19.4. The predicted molar refractivity (Wildman–Crippen MR) is 155 cm³/mol. The van der Waals surface area contributed by atoms with Crippen LogP contribution in [-0.4, -0.2) is 53.9 Å². The normalized spacial score (nSPS) is 14.4. The zero-order valence-electron chi connectivity index (χ0n) is 23.1. The van der Waals surface area contributed by atoms with Gasteiger partial charge >= 0.3 is 6.18 Å². The Bertz CT molecular complexity index is 1720. The molecule has 0 atom stereocenters. The van der Waals surface area contributed by atoms with Crippen LogP contribution in [0.4, 0.5) is 29.1 Å². The van der Waals surface area contributed by atoms with Gasteiger partial charge in [0, 0.05) is 66.5 Å². The van der Waals surface area contributed by atoms with Crippen LogP contribution in [0.25, 0.3) is 10.8 Å². The lowest BCUT2D eigenvalue weighted by Gasteiger charge is -2.33. The second-order valence-electron chi connectivity index (χ2n) is 10.4. The van der Waals surface area contributed by atoms with E-state index in [0.29, 0.717) is 35.0 Å². The molecule has 4 aromatic rings. The maximum absolute atomic E-state index is 14.0. The standard InChI is InChI=1S/C32H29F4N5O/c1-20-3-4-22(15-21(20)5-6-23-18-38-30(37)27-10-8-25(33)16-28(23)27)31(42)39-26-9-7-24(29(17-26)32(34,35)36)19-41-13-11-40(2)12-14-41/h3-4,7-10,15-18H,11-14,19H2,1-2H3,(H2,37,38)(H,39,42). The molecule has 1 fully saturated rings. The first kappa shape index (κ1) is 29.0. The minimum Gasteiger partial charge on any atom is -0.383 e. The van der Waals surface area contributed by atoms with Gasteiger partial charge in [-0.15, -0.1) is 0 Å². The van der Waals surface area contributed by atoms with Gasteiger partial charge in [-0.05, 0) is 67.6 Å². The van der Waals surface area contributed by atoms with Crippen molar-refractivity contribution in [2.75, 3.05) is 44.3 Å². The van der Waals surface area contributed by atoms with E-state index in [1.165, 1.54) is 36.5 Å². The van der Waals surface area contributed by atoms with Crippen molar-refractivity contribution in [3.05, 3.63) is 100.0 Å². The molecule has 5 rings (SSSR count). The Morgan fingerprint density at radius 1 is 0.976 bits per heavy atom. The molecule has 2 heterocycles. The second kappa shape index (κ2) is 11.8. The van der Waals surface area contributed by atoms with E-state index in [9.17, 15) is 22.4 Å². The van der Waals surface area contributed by atoms with Gasteiger partial charge in [-0.1, -0.05) is 24.0 Å². The number of fused-ring (bicyclic) bond motifs is 1. The smallest absolute Gasteiger partial charge is 0.383 e. The van der Waals surface area contributed by atoms with Crippen LogP contribution in [0.1, 0.15) is 38.2 Å². The number of nitrogens with two attached hydrogens (primary N) is 1. The molecule has 0 saturated carbocycles. The highest BCUT2D eigenvalue weighted by molar-refractivity contribution is 6.04. The Morgan fingerprint density at radius 3 is 2.45 bits per heavy atom. The molecule has 42 heavy (non-hydrogen) atoms. The third kappa shape index (κ3) is 6.54. The number of rotatable bonds is 4. The van der Waals surface area contributed by atoms with Crippen molar-refractivity contribution in [2.24, 2.45) is 0 Å². The van der Waals surface area contributed by atoms with Crippen LogP contribution in [0.2, 0.25) is 0 Å². The summed E-state index contributed by atoms with van der Waals surface area (Å²) in [5.74, 6) is 5.24. The molecule has 0 unspecified atom stereocenters. The van der Waals surface area contributed by atoms with Crippen molar-refractivity contribution in [1.82, 2.24) is 14.8 Å². The van der Waals surface area contributed by atoms with Crippen LogP contribution in [-0.2, 0) is 12.7 Å². The van der Waals surface area contributed by atoms with Crippen molar-refractivity contribution in [2.45, 2.75) is 19.6 Å². The number of hydrogen-bond acceptors (Lipinski definition) is 5. The molecule has 1 saturated heterocycles. The minimum atomic E-state index is -4.57. The van der Waals surface area contributed by atoms with E-state index in [2.05, 4.69) is 27.0 Å². The van der Waals surface area contributed by atoms with Crippen LogP contribution in [0.3, 0.4) is 0 Å². The number of nitrogens with zero attached hydrogens (tertiary/aromatic N) is 3. The van der Waals surface area contributed by atoms with Crippen LogP contribution in [0, 0.1) is 24.6 Å². The first-order chi connectivity index (χ1) is 20.0. The molecule has 1 aromatic heterocycles. The van der Waals surface area contributed by atoms with Gasteiger partial charge < -0.3 is 16.0 Å². The maximum Gasteiger partial charge on any atom is 0.416 e. The summed E-state index contributed by atoms with van der Waals surface area (Å²) < 4.78 is 55.9. The number of amides is 1. The van der Waals surface area contributed by atoms with Crippen molar-refractivity contribution in [1.29, 1.82) is 0 Å². The van der Waals surface area contributed by atoms with E-state index in [-0.39, 0.29) is 29.2 Å². The number of halogens is 4. The van der Waals surface area contributed by atoms with Gasteiger partial charge in [0.15, 0.2) is 0 Å². The summed E-state index contributed by atoms with van der Waals surface area (Å²) in [5, 5.41) is 3.67. The summed E-state index contributed by atoms with van der Waals surface area (Å²) in [6, 6.07) is 12.9. The molecule has 1 amide bonds. The molecule has 6 nitrogen and oxygen atoms in total. The molecular formula is C32H29F4N5O. The topological polar surface area (TPSA) is 74.5 Å². The fraction of sp³-hybridized carbons (Fsp3) is 0.250. The SMILES string of the molecule is Cc1ccc(C(=O)Nc2ccc(CN3CCN(C)CC3)c(C(F)(F)F)c2)cc1C#Cc1cnc(N)c2ccc(F)cc12. The Labute approximate surface area is 241 Å². The average Bonchev–Trinajstić information content (AvgIpc) is 2.95. The molecule has 3 aromatic carbocycles. The van der Waals surface area contributed by atoms with Gasteiger partial charge in [0.25, 0.3) is 5.91 Å². The minimum absolute atomic E-state index is 0.0455. The van der Waals surface area contributed by atoms with Gasteiger partial charge in [0.05, 0.1) is 11.1 Å². The van der Waals surface area contributed by atoms with Crippen LogP contribution in [0.15, 0.2) is 60.8 Å². The number of benzene rings is 3. The fourth-order valence-corrected chi connectivity index (χ4v) is 4.87. The number of carbonyl (C=O) groups is 1. The molecule has 1 aliphatic heterocycles.